The van der Waals surface area contributed by atoms with Gasteiger partial charge < -0.3 is 10.5 Å². The molecule has 0 atom stereocenters. The number of methoxy groups -OCH3 is 1. The minimum Gasteiger partial charge on any atom is -0.464 e. The second-order valence-corrected chi connectivity index (χ2v) is 2.48. The van der Waals surface area contributed by atoms with Gasteiger partial charge in [0.1, 0.15) is 5.02 Å². The Labute approximate surface area is 77.7 Å². The molecule has 1 aromatic heterocycles. The summed E-state index contributed by atoms with van der Waals surface area (Å²) in [4.78, 5) is 27.6. The Hall–Kier alpha value is -1.56. The molecule has 70 valence electrons. The summed E-state index contributed by atoms with van der Waals surface area (Å²) in [7, 11) is 1.15. The Balaban J connectivity index is 3.37. The highest BCUT2D eigenvalue weighted by Crippen LogP contribution is 2.08. The van der Waals surface area contributed by atoms with Gasteiger partial charge in [-0.3, -0.25) is 9.78 Å². The van der Waals surface area contributed by atoms with E-state index in [0.717, 1.165) is 7.11 Å². The number of esters is 1. The van der Waals surface area contributed by atoms with E-state index in [1.807, 2.05) is 0 Å². The molecule has 3 N–H and O–H groups in total. The van der Waals surface area contributed by atoms with Crippen LogP contribution in [0.1, 0.15) is 10.5 Å². The zero-order valence-corrected chi connectivity index (χ0v) is 7.38. The molecule has 0 saturated heterocycles. The van der Waals surface area contributed by atoms with Gasteiger partial charge in [-0.15, -0.1) is 0 Å². The molecule has 0 unspecified atom stereocenters. The highest BCUT2D eigenvalue weighted by atomic mass is 35.5. The first-order valence-electron chi connectivity index (χ1n) is 3.20. The van der Waals surface area contributed by atoms with Crippen LogP contribution in [-0.4, -0.2) is 23.0 Å². The molecule has 7 heteroatoms. The average molecular weight is 204 g/mol. The third kappa shape index (κ3) is 1.78. The molecule has 0 aliphatic rings. The highest BCUT2D eigenvalue weighted by Gasteiger charge is 2.16. The number of halogens is 1. The molecule has 6 nitrogen and oxygen atoms in total. The van der Waals surface area contributed by atoms with Crippen LogP contribution in [0, 0.1) is 0 Å². The number of nitrogen functional groups attached to an aromatic ring is 1. The van der Waals surface area contributed by atoms with Gasteiger partial charge in [0.2, 0.25) is 5.95 Å². The fraction of sp³-hybridized carbons (Fsp3) is 0.167. The summed E-state index contributed by atoms with van der Waals surface area (Å²) in [5, 5.41) is -0.332. The fourth-order valence-electron chi connectivity index (χ4n) is 0.708. The predicted molar refractivity (Wildman–Crippen MR) is 45.6 cm³/mol. The maximum atomic E-state index is 11.0. The molecule has 0 bridgehead atoms. The smallest absolute Gasteiger partial charge is 0.358 e. The minimum absolute atomic E-state index is 0.185. The molecular weight excluding hydrogens is 198 g/mol. The van der Waals surface area contributed by atoms with Gasteiger partial charge in [0.15, 0.2) is 5.69 Å². The molecule has 1 rings (SSSR count). The molecule has 0 fully saturated rings. The second kappa shape index (κ2) is 3.44. The van der Waals surface area contributed by atoms with Gasteiger partial charge in [-0.2, -0.15) is 0 Å². The third-order valence-electron chi connectivity index (χ3n) is 1.26. The summed E-state index contributed by atoms with van der Waals surface area (Å²) in [5.74, 6) is -0.988. The van der Waals surface area contributed by atoms with Crippen molar-refractivity contribution in [1.82, 2.24) is 9.97 Å². The van der Waals surface area contributed by atoms with E-state index in [2.05, 4.69) is 14.7 Å². The van der Waals surface area contributed by atoms with Crippen molar-refractivity contribution in [2.24, 2.45) is 0 Å². The van der Waals surface area contributed by atoms with E-state index in [4.69, 9.17) is 17.3 Å². The number of nitrogens with one attached hydrogen (secondary N) is 1. The summed E-state index contributed by atoms with van der Waals surface area (Å²) in [6.45, 7) is 0. The van der Waals surface area contributed by atoms with Gasteiger partial charge >= 0.3 is 5.97 Å². The van der Waals surface area contributed by atoms with Crippen LogP contribution in [-0.2, 0) is 4.74 Å². The lowest BCUT2D eigenvalue weighted by Crippen LogP contribution is -2.18. The molecule has 0 spiro atoms. The molecule has 0 radical (unpaired) electrons. The summed E-state index contributed by atoms with van der Waals surface area (Å²) >= 11 is 5.48. The summed E-state index contributed by atoms with van der Waals surface area (Å²) in [6, 6.07) is 0. The van der Waals surface area contributed by atoms with Crippen LogP contribution in [0.25, 0.3) is 0 Å². The number of hydrogen-bond acceptors (Lipinski definition) is 5. The topological polar surface area (TPSA) is 98.1 Å². The van der Waals surface area contributed by atoms with Crippen LogP contribution in [0.5, 0.6) is 0 Å². The molecular formula is C6H6ClN3O3. The van der Waals surface area contributed by atoms with Gasteiger partial charge in [0.25, 0.3) is 5.56 Å². The number of hydrogen-bond donors (Lipinski definition) is 2. The summed E-state index contributed by atoms with van der Waals surface area (Å²) < 4.78 is 4.33. The van der Waals surface area contributed by atoms with Gasteiger partial charge in [0, 0.05) is 0 Å². The molecule has 1 heterocycles. The largest absolute Gasteiger partial charge is 0.464 e. The standard InChI is InChI=1S/C6H6ClN3O3/c1-13-5(12)3-2(7)4(11)10-6(8)9-3/h1H3,(H3,8,9,10,11). The Morgan fingerprint density at radius 2 is 2.31 bits per heavy atom. The zero-order chi connectivity index (χ0) is 10.0. The molecule has 0 amide bonds. The number of carbonyl (C=O) groups is 1. The van der Waals surface area contributed by atoms with Gasteiger partial charge in [-0.1, -0.05) is 11.6 Å². The lowest BCUT2D eigenvalue weighted by atomic mass is 10.4. The number of nitrogens with zero attached hydrogens (tertiary/aromatic N) is 1. The van der Waals surface area contributed by atoms with Crippen molar-refractivity contribution in [1.29, 1.82) is 0 Å². The van der Waals surface area contributed by atoms with E-state index in [0.29, 0.717) is 0 Å². The molecule has 0 aliphatic heterocycles. The monoisotopic (exact) mass is 203 g/mol. The number of anilines is 1. The van der Waals surface area contributed by atoms with Crippen molar-refractivity contribution in [3.63, 3.8) is 0 Å². The first-order valence-corrected chi connectivity index (χ1v) is 3.57. The Morgan fingerprint density at radius 1 is 1.69 bits per heavy atom. The number of aromatic nitrogens is 2. The minimum atomic E-state index is -0.803. The van der Waals surface area contributed by atoms with Crippen molar-refractivity contribution < 1.29 is 9.53 Å². The number of nitrogens with two attached hydrogens (primary N) is 1. The molecule has 0 aliphatic carbocycles. The third-order valence-corrected chi connectivity index (χ3v) is 1.61. The number of aromatic amines is 1. The van der Waals surface area contributed by atoms with Crippen LogP contribution in [0.15, 0.2) is 4.79 Å². The quantitative estimate of drug-likeness (QED) is 0.616. The normalized spacial score (nSPS) is 9.69. The number of carbonyl (C=O) groups excluding carboxylic acids is 1. The van der Waals surface area contributed by atoms with Gasteiger partial charge in [0.05, 0.1) is 7.11 Å². The van der Waals surface area contributed by atoms with Gasteiger partial charge in [-0.25, -0.2) is 9.78 Å². The highest BCUT2D eigenvalue weighted by molar-refractivity contribution is 6.33. The Bertz CT molecular complexity index is 401. The van der Waals surface area contributed by atoms with E-state index in [1.54, 1.807) is 0 Å². The van der Waals surface area contributed by atoms with Crippen molar-refractivity contribution in [3.8, 4) is 0 Å². The van der Waals surface area contributed by atoms with E-state index in [-0.39, 0.29) is 16.7 Å². The maximum Gasteiger partial charge on any atom is 0.358 e. The van der Waals surface area contributed by atoms with Crippen LogP contribution in [0.3, 0.4) is 0 Å². The summed E-state index contributed by atoms with van der Waals surface area (Å²) in [6.07, 6.45) is 0. The van der Waals surface area contributed by atoms with Crippen LogP contribution >= 0.6 is 11.6 Å². The van der Waals surface area contributed by atoms with Crippen molar-refractivity contribution >= 4 is 23.5 Å². The predicted octanol–water partition coefficient (Wildman–Crippen LogP) is -0.208. The van der Waals surface area contributed by atoms with Crippen LogP contribution in [0.2, 0.25) is 5.02 Å². The SMILES string of the molecule is COC(=O)c1nc(N)[nH]c(=O)c1Cl. The first kappa shape index (κ1) is 9.53. The second-order valence-electron chi connectivity index (χ2n) is 2.11. The Kier molecular flexibility index (Phi) is 2.52. The van der Waals surface area contributed by atoms with Crippen molar-refractivity contribution in [2.75, 3.05) is 12.8 Å². The van der Waals surface area contributed by atoms with E-state index >= 15 is 0 Å². The summed E-state index contributed by atoms with van der Waals surface area (Å²) in [5.41, 5.74) is 4.23. The van der Waals surface area contributed by atoms with E-state index in [9.17, 15) is 9.59 Å². The lowest BCUT2D eigenvalue weighted by molar-refractivity contribution is 0.0594. The van der Waals surface area contributed by atoms with E-state index < -0.39 is 11.5 Å². The number of H-pyrrole nitrogens is 1. The molecule has 13 heavy (non-hydrogen) atoms. The van der Waals surface area contributed by atoms with Gasteiger partial charge in [-0.05, 0) is 0 Å². The average Bonchev–Trinajstić information content (AvgIpc) is 2.10. The first-order chi connectivity index (χ1) is 6.06. The molecule has 0 saturated carbocycles. The van der Waals surface area contributed by atoms with Crippen molar-refractivity contribution in [2.45, 2.75) is 0 Å². The van der Waals surface area contributed by atoms with Crippen molar-refractivity contribution in [3.05, 3.63) is 21.1 Å². The Morgan fingerprint density at radius 3 is 2.85 bits per heavy atom. The molecule has 0 aromatic carbocycles. The number of rotatable bonds is 1. The molecule has 1 aromatic rings. The van der Waals surface area contributed by atoms with Crippen LogP contribution in [0.4, 0.5) is 5.95 Å². The van der Waals surface area contributed by atoms with Crippen LogP contribution < -0.4 is 11.3 Å². The zero-order valence-electron chi connectivity index (χ0n) is 6.63. The number of ether oxygens (including phenoxy) is 1. The fourth-order valence-corrected chi connectivity index (χ4v) is 0.875. The lowest BCUT2D eigenvalue weighted by Gasteiger charge is -2.00. The van der Waals surface area contributed by atoms with E-state index in [1.165, 1.54) is 0 Å². The maximum absolute atomic E-state index is 11.0.